The molecule has 41 heavy (non-hydrogen) atoms. The highest BCUT2D eigenvalue weighted by Crippen LogP contribution is 2.52. The molecule has 3 heterocycles. The van der Waals surface area contributed by atoms with E-state index in [-0.39, 0.29) is 5.41 Å². The molecule has 1 aliphatic rings. The Labute approximate surface area is 237 Å². The lowest BCUT2D eigenvalue weighted by Gasteiger charge is -2.34. The highest BCUT2D eigenvalue weighted by Gasteiger charge is 2.36. The van der Waals surface area contributed by atoms with Gasteiger partial charge in [0.1, 0.15) is 11.3 Å². The van der Waals surface area contributed by atoms with Crippen LogP contribution in [0.1, 0.15) is 25.0 Å². The van der Waals surface area contributed by atoms with Crippen molar-refractivity contribution < 1.29 is 9.15 Å². The van der Waals surface area contributed by atoms with Gasteiger partial charge in [0.05, 0.1) is 11.4 Å². The number of para-hydroxylation sites is 1. The minimum atomic E-state index is -0.316. The largest absolute Gasteiger partial charge is 0.453 e. The smallest absolute Gasteiger partial charge is 0.178 e. The van der Waals surface area contributed by atoms with Crippen LogP contribution >= 0.6 is 0 Å². The molecule has 0 unspecified atom stereocenters. The molecule has 1 aliphatic heterocycles. The van der Waals surface area contributed by atoms with Gasteiger partial charge in [-0.1, -0.05) is 98.8 Å². The van der Waals surface area contributed by atoms with Crippen LogP contribution in [0, 0.1) is 0 Å². The Morgan fingerprint density at radius 3 is 2.02 bits per heavy atom. The van der Waals surface area contributed by atoms with Gasteiger partial charge in [0.2, 0.25) is 0 Å². The molecule has 2 aromatic heterocycles. The maximum atomic E-state index is 6.61. The van der Waals surface area contributed by atoms with Crippen molar-refractivity contribution in [2.45, 2.75) is 19.3 Å². The van der Waals surface area contributed by atoms with E-state index in [9.17, 15) is 0 Å². The van der Waals surface area contributed by atoms with Crippen LogP contribution < -0.4 is 4.74 Å². The van der Waals surface area contributed by atoms with Gasteiger partial charge in [0.15, 0.2) is 17.2 Å². The average molecular weight is 531 g/mol. The molecule has 0 fully saturated rings. The second-order valence-corrected chi connectivity index (χ2v) is 11.0. The van der Waals surface area contributed by atoms with Gasteiger partial charge in [-0.25, -0.2) is 9.97 Å². The molecule has 0 atom stereocenters. The van der Waals surface area contributed by atoms with Crippen molar-refractivity contribution in [1.82, 2.24) is 9.97 Å². The highest BCUT2D eigenvalue weighted by molar-refractivity contribution is 6.07. The van der Waals surface area contributed by atoms with E-state index < -0.39 is 0 Å². The van der Waals surface area contributed by atoms with Crippen molar-refractivity contribution in [3.05, 3.63) is 132 Å². The van der Waals surface area contributed by atoms with Crippen LogP contribution in [0.2, 0.25) is 0 Å². The number of ether oxygens (including phenoxy) is 1. The summed E-state index contributed by atoms with van der Waals surface area (Å²) in [5.74, 6) is 2.33. The van der Waals surface area contributed by atoms with Crippen LogP contribution in [0.15, 0.2) is 126 Å². The number of rotatable bonds is 3. The third kappa shape index (κ3) is 3.75. The molecule has 196 valence electrons. The first-order valence-electron chi connectivity index (χ1n) is 13.8. The molecular formula is C37H26N2O2. The zero-order chi connectivity index (χ0) is 27.6. The zero-order valence-electron chi connectivity index (χ0n) is 22.8. The van der Waals surface area contributed by atoms with E-state index >= 15 is 0 Å². The zero-order valence-corrected chi connectivity index (χ0v) is 22.8. The molecule has 0 aliphatic carbocycles. The Morgan fingerprint density at radius 2 is 1.24 bits per heavy atom. The van der Waals surface area contributed by atoms with E-state index in [1.165, 1.54) is 0 Å². The first-order chi connectivity index (χ1) is 20.1. The first-order valence-corrected chi connectivity index (χ1v) is 13.8. The summed E-state index contributed by atoms with van der Waals surface area (Å²) in [6.45, 7) is 4.49. The number of hydrogen-bond acceptors (Lipinski definition) is 4. The molecule has 7 aromatic rings. The second kappa shape index (κ2) is 8.90. The normalized spacial score (nSPS) is 13.5. The van der Waals surface area contributed by atoms with Crippen molar-refractivity contribution in [1.29, 1.82) is 0 Å². The summed E-state index contributed by atoms with van der Waals surface area (Å²) >= 11 is 0. The number of aromatic nitrogens is 2. The van der Waals surface area contributed by atoms with E-state index in [2.05, 4.69) is 68.4 Å². The predicted molar refractivity (Wildman–Crippen MR) is 164 cm³/mol. The number of nitrogens with zero attached hydrogens (tertiary/aromatic N) is 2. The standard InChI is InChI=1S/C37H26N2O2/c1-37(2)28-19-18-27-26-15-9-10-16-32(26)40-34(27)35(28)41-33-20-17-25(21-29(33)37)31-22-30(23-11-5-3-6-12-23)38-36(39-31)24-13-7-4-8-14-24/h3-22H,1-2H3. The minimum absolute atomic E-state index is 0.316. The Morgan fingerprint density at radius 1 is 0.561 bits per heavy atom. The molecule has 4 heteroatoms. The van der Waals surface area contributed by atoms with Crippen molar-refractivity contribution in [2.75, 3.05) is 0 Å². The highest BCUT2D eigenvalue weighted by atomic mass is 16.5. The van der Waals surface area contributed by atoms with Crippen LogP contribution in [-0.2, 0) is 5.41 Å². The van der Waals surface area contributed by atoms with Gasteiger partial charge in [0, 0.05) is 44.0 Å². The fourth-order valence-corrected chi connectivity index (χ4v) is 5.95. The van der Waals surface area contributed by atoms with Gasteiger partial charge in [-0.05, 0) is 36.4 Å². The molecule has 5 aromatic carbocycles. The van der Waals surface area contributed by atoms with Crippen LogP contribution in [0.4, 0.5) is 0 Å². The van der Waals surface area contributed by atoms with Crippen molar-refractivity contribution >= 4 is 21.9 Å². The van der Waals surface area contributed by atoms with Gasteiger partial charge >= 0.3 is 0 Å². The average Bonchev–Trinajstić information content (AvgIpc) is 3.41. The molecule has 4 nitrogen and oxygen atoms in total. The molecule has 0 saturated heterocycles. The molecule has 0 radical (unpaired) electrons. The Bertz CT molecular complexity index is 2040. The lowest BCUT2D eigenvalue weighted by molar-refractivity contribution is 0.415. The Kier molecular flexibility index (Phi) is 5.13. The molecule has 0 saturated carbocycles. The fraction of sp³-hybridized carbons (Fsp3) is 0.0811. The maximum Gasteiger partial charge on any atom is 0.178 e. The lowest BCUT2D eigenvalue weighted by atomic mass is 9.75. The number of hydrogen-bond donors (Lipinski definition) is 0. The molecular weight excluding hydrogens is 504 g/mol. The van der Waals surface area contributed by atoms with Gasteiger partial charge in [-0.15, -0.1) is 0 Å². The molecule has 0 spiro atoms. The summed E-state index contributed by atoms with van der Waals surface area (Å²) in [4.78, 5) is 9.98. The van der Waals surface area contributed by atoms with Crippen LogP contribution in [0.5, 0.6) is 11.5 Å². The summed E-state index contributed by atoms with van der Waals surface area (Å²) in [5.41, 5.74) is 8.37. The van der Waals surface area contributed by atoms with Crippen molar-refractivity contribution in [3.63, 3.8) is 0 Å². The number of fused-ring (bicyclic) bond motifs is 6. The monoisotopic (exact) mass is 530 g/mol. The quantitative estimate of drug-likeness (QED) is 0.228. The van der Waals surface area contributed by atoms with Crippen molar-refractivity contribution in [3.8, 4) is 45.4 Å². The van der Waals surface area contributed by atoms with Crippen LogP contribution in [0.25, 0.3) is 55.8 Å². The van der Waals surface area contributed by atoms with E-state index in [1.54, 1.807) is 0 Å². The third-order valence-corrected chi connectivity index (χ3v) is 8.16. The maximum absolute atomic E-state index is 6.61. The summed E-state index contributed by atoms with van der Waals surface area (Å²) in [5, 5.41) is 2.16. The van der Waals surface area contributed by atoms with Gasteiger partial charge < -0.3 is 9.15 Å². The molecule has 8 rings (SSSR count). The predicted octanol–water partition coefficient (Wildman–Crippen LogP) is 9.81. The Hall–Kier alpha value is -5.22. The summed E-state index contributed by atoms with van der Waals surface area (Å²) in [6.07, 6.45) is 0. The Balaban J connectivity index is 1.28. The molecule has 0 N–H and O–H groups in total. The van der Waals surface area contributed by atoms with Crippen LogP contribution in [-0.4, -0.2) is 9.97 Å². The summed E-state index contributed by atoms with van der Waals surface area (Å²) in [7, 11) is 0. The topological polar surface area (TPSA) is 48.2 Å². The van der Waals surface area contributed by atoms with E-state index in [4.69, 9.17) is 19.1 Å². The summed E-state index contributed by atoms with van der Waals surface area (Å²) in [6, 6.07) is 41.3. The summed E-state index contributed by atoms with van der Waals surface area (Å²) < 4.78 is 12.9. The third-order valence-electron chi connectivity index (χ3n) is 8.16. The lowest BCUT2D eigenvalue weighted by Crippen LogP contribution is -2.24. The van der Waals surface area contributed by atoms with Gasteiger partial charge in [-0.3, -0.25) is 0 Å². The van der Waals surface area contributed by atoms with Gasteiger partial charge in [0.25, 0.3) is 0 Å². The minimum Gasteiger partial charge on any atom is -0.453 e. The van der Waals surface area contributed by atoms with E-state index in [1.807, 2.05) is 66.7 Å². The number of benzene rings is 5. The first kappa shape index (κ1) is 23.6. The molecule has 0 bridgehead atoms. The van der Waals surface area contributed by atoms with E-state index in [0.717, 1.165) is 72.6 Å². The van der Waals surface area contributed by atoms with Crippen LogP contribution in [0.3, 0.4) is 0 Å². The van der Waals surface area contributed by atoms with E-state index in [0.29, 0.717) is 5.82 Å². The number of furan rings is 1. The van der Waals surface area contributed by atoms with Gasteiger partial charge in [-0.2, -0.15) is 0 Å². The SMILES string of the molecule is CC1(C)c2cc(-c3cc(-c4ccccc4)nc(-c4ccccc4)n3)ccc2Oc2c1ccc1c2oc2ccccc21. The van der Waals surface area contributed by atoms with Crippen molar-refractivity contribution in [2.24, 2.45) is 0 Å². The fourth-order valence-electron chi connectivity index (χ4n) is 5.95. The second-order valence-electron chi connectivity index (χ2n) is 11.0. The molecule has 0 amide bonds.